The van der Waals surface area contributed by atoms with Crippen LogP contribution in [0.3, 0.4) is 0 Å². The summed E-state index contributed by atoms with van der Waals surface area (Å²) in [6.45, 7) is 4.12. The van der Waals surface area contributed by atoms with Crippen molar-refractivity contribution in [3.63, 3.8) is 0 Å². The van der Waals surface area contributed by atoms with Gasteiger partial charge in [-0.2, -0.15) is 0 Å². The van der Waals surface area contributed by atoms with Gasteiger partial charge in [0.1, 0.15) is 5.82 Å². The van der Waals surface area contributed by atoms with Crippen LogP contribution in [0.1, 0.15) is 11.3 Å². The van der Waals surface area contributed by atoms with Crippen LogP contribution in [-0.2, 0) is 0 Å². The monoisotopic (exact) mass is 280 g/mol. The zero-order chi connectivity index (χ0) is 15.0. The van der Waals surface area contributed by atoms with Crippen LogP contribution in [0.25, 0.3) is 22.2 Å². The van der Waals surface area contributed by atoms with Gasteiger partial charge in [-0.15, -0.1) is 0 Å². The van der Waals surface area contributed by atoms with Crippen molar-refractivity contribution in [1.29, 1.82) is 0 Å². The van der Waals surface area contributed by atoms with Crippen molar-refractivity contribution >= 4 is 22.4 Å². The fourth-order valence-electron chi connectivity index (χ4n) is 2.72. The molecule has 3 rings (SSSR count). The van der Waals surface area contributed by atoms with Crippen molar-refractivity contribution in [2.24, 2.45) is 0 Å². The number of nitrogens with one attached hydrogen (secondary N) is 3. The van der Waals surface area contributed by atoms with E-state index in [1.165, 1.54) is 10.9 Å². The van der Waals surface area contributed by atoms with E-state index in [2.05, 4.69) is 57.9 Å². The molecule has 0 aliphatic carbocycles. The minimum absolute atomic E-state index is 0.863. The minimum atomic E-state index is 0.863. The van der Waals surface area contributed by atoms with Crippen molar-refractivity contribution in [1.82, 2.24) is 9.97 Å². The Labute approximate surface area is 124 Å². The normalized spacial score (nSPS) is 10.9. The number of aryl methyl sites for hydroxylation is 2. The van der Waals surface area contributed by atoms with Gasteiger partial charge in [-0.25, -0.2) is 4.98 Å². The quantitative estimate of drug-likeness (QED) is 0.681. The maximum Gasteiger partial charge on any atom is 0.150 e. The van der Waals surface area contributed by atoms with Crippen LogP contribution in [0.2, 0.25) is 0 Å². The summed E-state index contributed by atoms with van der Waals surface area (Å²) >= 11 is 0. The van der Waals surface area contributed by atoms with Crippen molar-refractivity contribution in [2.45, 2.75) is 13.8 Å². The van der Waals surface area contributed by atoms with Gasteiger partial charge in [0.25, 0.3) is 0 Å². The number of aromatic nitrogens is 2. The highest BCUT2D eigenvalue weighted by atomic mass is 15.0. The van der Waals surface area contributed by atoms with E-state index in [-0.39, 0.29) is 0 Å². The molecule has 2 heterocycles. The van der Waals surface area contributed by atoms with Crippen molar-refractivity contribution in [2.75, 3.05) is 24.7 Å². The zero-order valence-corrected chi connectivity index (χ0v) is 12.8. The zero-order valence-electron chi connectivity index (χ0n) is 12.8. The Hall–Kier alpha value is -2.49. The summed E-state index contributed by atoms with van der Waals surface area (Å²) in [4.78, 5) is 8.03. The van der Waals surface area contributed by atoms with E-state index in [4.69, 9.17) is 0 Å². The molecule has 0 aliphatic heterocycles. The lowest BCUT2D eigenvalue weighted by molar-refractivity contribution is 1.18. The molecule has 0 atom stereocenters. The first-order valence-corrected chi connectivity index (χ1v) is 7.09. The minimum Gasteiger partial charge on any atom is -0.385 e. The fraction of sp³-hybridized carbons (Fsp3) is 0.235. The SMILES string of the molecule is CNc1nc(C)cc(-c2cc3cc(C)ccc3[nH]2)c1NC. The number of fused-ring (bicyclic) bond motifs is 1. The lowest BCUT2D eigenvalue weighted by atomic mass is 10.1. The molecule has 0 saturated heterocycles. The van der Waals surface area contributed by atoms with Gasteiger partial charge < -0.3 is 15.6 Å². The van der Waals surface area contributed by atoms with Crippen LogP contribution in [0.5, 0.6) is 0 Å². The number of hydrogen-bond acceptors (Lipinski definition) is 3. The van der Waals surface area contributed by atoms with Crippen LogP contribution in [0, 0.1) is 13.8 Å². The van der Waals surface area contributed by atoms with Gasteiger partial charge in [-0.3, -0.25) is 0 Å². The van der Waals surface area contributed by atoms with E-state index < -0.39 is 0 Å². The second-order valence-corrected chi connectivity index (χ2v) is 5.31. The van der Waals surface area contributed by atoms with Crippen LogP contribution < -0.4 is 10.6 Å². The Morgan fingerprint density at radius 2 is 1.81 bits per heavy atom. The molecular weight excluding hydrogens is 260 g/mol. The van der Waals surface area contributed by atoms with Gasteiger partial charge in [0.15, 0.2) is 0 Å². The van der Waals surface area contributed by atoms with Crippen LogP contribution in [0.4, 0.5) is 11.5 Å². The second kappa shape index (κ2) is 5.13. The van der Waals surface area contributed by atoms with Crippen molar-refractivity contribution < 1.29 is 0 Å². The molecule has 0 spiro atoms. The molecule has 1 aromatic carbocycles. The molecule has 3 aromatic rings. The molecule has 0 saturated carbocycles. The summed E-state index contributed by atoms with van der Waals surface area (Å²) < 4.78 is 0. The molecule has 0 aliphatic rings. The molecule has 21 heavy (non-hydrogen) atoms. The van der Waals surface area contributed by atoms with Gasteiger partial charge in [0, 0.05) is 41.9 Å². The smallest absolute Gasteiger partial charge is 0.150 e. The van der Waals surface area contributed by atoms with E-state index in [0.29, 0.717) is 0 Å². The van der Waals surface area contributed by atoms with Crippen LogP contribution >= 0.6 is 0 Å². The highest BCUT2D eigenvalue weighted by Gasteiger charge is 2.13. The maximum atomic E-state index is 4.53. The Morgan fingerprint density at radius 3 is 2.52 bits per heavy atom. The fourth-order valence-corrected chi connectivity index (χ4v) is 2.72. The number of nitrogens with zero attached hydrogens (tertiary/aromatic N) is 1. The van der Waals surface area contributed by atoms with E-state index in [0.717, 1.165) is 34.0 Å². The number of pyridine rings is 1. The molecule has 0 bridgehead atoms. The largest absolute Gasteiger partial charge is 0.385 e. The molecule has 0 unspecified atom stereocenters. The summed E-state index contributed by atoms with van der Waals surface area (Å²) in [5, 5.41) is 7.63. The van der Waals surface area contributed by atoms with Crippen molar-refractivity contribution in [3.8, 4) is 11.3 Å². The van der Waals surface area contributed by atoms with Crippen molar-refractivity contribution in [3.05, 3.63) is 41.6 Å². The molecule has 3 N–H and O–H groups in total. The first kappa shape index (κ1) is 13.5. The van der Waals surface area contributed by atoms with Gasteiger partial charge in [0.2, 0.25) is 0 Å². The third-order valence-electron chi connectivity index (χ3n) is 3.70. The third kappa shape index (κ3) is 2.33. The topological polar surface area (TPSA) is 52.7 Å². The van der Waals surface area contributed by atoms with Gasteiger partial charge in [-0.05, 0) is 38.1 Å². The molecular formula is C17H20N4. The van der Waals surface area contributed by atoms with E-state index >= 15 is 0 Å². The molecule has 4 heteroatoms. The highest BCUT2D eigenvalue weighted by Crippen LogP contribution is 2.34. The Balaban J connectivity index is 2.24. The van der Waals surface area contributed by atoms with E-state index in [1.54, 1.807) is 0 Å². The maximum absolute atomic E-state index is 4.53. The molecule has 2 aromatic heterocycles. The summed E-state index contributed by atoms with van der Waals surface area (Å²) in [7, 11) is 3.81. The predicted octanol–water partition coefficient (Wildman–Crippen LogP) is 3.93. The lowest BCUT2D eigenvalue weighted by Gasteiger charge is -2.13. The molecule has 4 nitrogen and oxygen atoms in total. The highest BCUT2D eigenvalue weighted by molar-refractivity contribution is 5.91. The average molecular weight is 280 g/mol. The van der Waals surface area contributed by atoms with Gasteiger partial charge >= 0.3 is 0 Å². The summed E-state index contributed by atoms with van der Waals surface area (Å²) in [5.74, 6) is 0.863. The number of rotatable bonds is 3. The van der Waals surface area contributed by atoms with Gasteiger partial charge in [-0.1, -0.05) is 11.6 Å². The number of hydrogen-bond donors (Lipinski definition) is 3. The summed E-state index contributed by atoms with van der Waals surface area (Å²) in [6.07, 6.45) is 0. The second-order valence-electron chi connectivity index (χ2n) is 5.31. The molecule has 0 amide bonds. The standard InChI is InChI=1S/C17H20N4/c1-10-5-6-14-12(7-10)9-15(21-14)13-8-11(2)20-17(19-4)16(13)18-3/h5-9,18,21H,1-4H3,(H,19,20). The van der Waals surface area contributed by atoms with E-state index in [1.807, 2.05) is 21.0 Å². The molecule has 108 valence electrons. The summed E-state index contributed by atoms with van der Waals surface area (Å²) in [5.41, 5.74) is 6.64. The van der Waals surface area contributed by atoms with Gasteiger partial charge in [0.05, 0.1) is 5.69 Å². The number of H-pyrrole nitrogens is 1. The number of anilines is 2. The first-order valence-electron chi connectivity index (χ1n) is 7.09. The number of benzene rings is 1. The Bertz CT molecular complexity index is 802. The number of aromatic amines is 1. The average Bonchev–Trinajstić information content (AvgIpc) is 2.89. The predicted molar refractivity (Wildman–Crippen MR) is 90.1 cm³/mol. The first-order chi connectivity index (χ1) is 10.1. The molecule has 0 radical (unpaired) electrons. The van der Waals surface area contributed by atoms with Crippen LogP contribution in [-0.4, -0.2) is 24.1 Å². The third-order valence-corrected chi connectivity index (χ3v) is 3.70. The van der Waals surface area contributed by atoms with E-state index in [9.17, 15) is 0 Å². The lowest BCUT2D eigenvalue weighted by Crippen LogP contribution is -2.03. The Morgan fingerprint density at radius 1 is 1.00 bits per heavy atom. The Kier molecular flexibility index (Phi) is 3.29. The summed E-state index contributed by atoms with van der Waals surface area (Å²) in [6, 6.07) is 10.7. The van der Waals surface area contributed by atoms with Crippen LogP contribution in [0.15, 0.2) is 30.3 Å². The molecule has 0 fully saturated rings.